The fourth-order valence-electron chi connectivity index (χ4n) is 1.40. The van der Waals surface area contributed by atoms with Crippen LogP contribution in [0.15, 0.2) is 0 Å². The van der Waals surface area contributed by atoms with Gasteiger partial charge in [-0.15, -0.1) is 0 Å². The molecule has 0 aliphatic carbocycles. The van der Waals surface area contributed by atoms with Crippen molar-refractivity contribution in [3.63, 3.8) is 0 Å². The lowest BCUT2D eigenvalue weighted by Gasteiger charge is -2.28. The zero-order valence-electron chi connectivity index (χ0n) is 6.42. The molecule has 1 rings (SSSR count). The van der Waals surface area contributed by atoms with Crippen molar-refractivity contribution >= 4 is 22.6 Å². The van der Waals surface area contributed by atoms with Gasteiger partial charge in [-0.2, -0.15) is 0 Å². The Kier molecular flexibility index (Phi) is 3.96. The average molecular weight is 177 g/mol. The molecule has 1 saturated heterocycles. The molecule has 0 aromatic rings. The van der Waals surface area contributed by atoms with Crippen LogP contribution in [0.25, 0.3) is 0 Å². The molecule has 0 bridgehead atoms. The molecule has 0 aromatic carbocycles. The number of nitrogens with zero attached hydrogens (tertiary/aromatic N) is 1. The van der Waals surface area contributed by atoms with Crippen LogP contribution in [0, 0.1) is 5.92 Å². The van der Waals surface area contributed by atoms with Gasteiger partial charge < -0.3 is 0 Å². The van der Waals surface area contributed by atoms with E-state index in [-0.39, 0.29) is 0 Å². The number of thiol groups is 1. The van der Waals surface area contributed by atoms with E-state index in [2.05, 4.69) is 22.9 Å². The zero-order chi connectivity index (χ0) is 7.40. The Balaban J connectivity index is 2.17. The Morgan fingerprint density at radius 2 is 2.10 bits per heavy atom. The Hall–Kier alpha value is 0.660. The highest BCUT2D eigenvalue weighted by Gasteiger charge is 2.16. The third kappa shape index (κ3) is 2.36. The first-order chi connectivity index (χ1) is 4.86. The van der Waals surface area contributed by atoms with Crippen LogP contribution in [0.4, 0.5) is 0 Å². The molecule has 0 radical (unpaired) electrons. The highest BCUT2D eigenvalue weighted by atomic mass is 33.1. The second-order valence-corrected chi connectivity index (χ2v) is 4.03. The van der Waals surface area contributed by atoms with Crippen molar-refractivity contribution in [2.45, 2.75) is 26.2 Å². The number of piperidine rings is 1. The quantitative estimate of drug-likeness (QED) is 0.392. The highest BCUT2D eigenvalue weighted by Crippen LogP contribution is 2.25. The maximum absolute atomic E-state index is 4.17. The summed E-state index contributed by atoms with van der Waals surface area (Å²) in [6, 6.07) is 0. The minimum Gasteiger partial charge on any atom is -0.241 e. The molecule has 1 nitrogen and oxygen atoms in total. The van der Waals surface area contributed by atoms with Crippen molar-refractivity contribution in [3.8, 4) is 0 Å². The van der Waals surface area contributed by atoms with E-state index >= 15 is 0 Å². The third-order valence-electron chi connectivity index (χ3n) is 2.27. The van der Waals surface area contributed by atoms with E-state index in [4.69, 9.17) is 0 Å². The average Bonchev–Trinajstić information content (AvgIpc) is 2.05. The number of hydrogen-bond acceptors (Lipinski definition) is 3. The Morgan fingerprint density at radius 1 is 1.50 bits per heavy atom. The fraction of sp³-hybridized carbons (Fsp3) is 1.00. The minimum absolute atomic E-state index is 0.983. The molecule has 1 fully saturated rings. The van der Waals surface area contributed by atoms with Crippen LogP contribution in [0.3, 0.4) is 0 Å². The van der Waals surface area contributed by atoms with Gasteiger partial charge in [0.15, 0.2) is 0 Å². The van der Waals surface area contributed by atoms with Crippen molar-refractivity contribution in [3.05, 3.63) is 0 Å². The van der Waals surface area contributed by atoms with E-state index in [0.29, 0.717) is 0 Å². The van der Waals surface area contributed by atoms with Crippen LogP contribution < -0.4 is 0 Å². The van der Waals surface area contributed by atoms with Gasteiger partial charge in [-0.3, -0.25) is 0 Å². The van der Waals surface area contributed by atoms with Gasteiger partial charge in [-0.25, -0.2) is 4.31 Å². The van der Waals surface area contributed by atoms with Gasteiger partial charge in [0.05, 0.1) is 0 Å². The summed E-state index contributed by atoms with van der Waals surface area (Å²) in [6.07, 6.45) is 4.08. The lowest BCUT2D eigenvalue weighted by atomic mass is 9.96. The standard InChI is InChI=1S/C7H15NS2/c1-2-7-3-5-8(10-9)6-4-7/h7,9H,2-6H2,1H3. The van der Waals surface area contributed by atoms with Gasteiger partial charge in [0.2, 0.25) is 0 Å². The van der Waals surface area contributed by atoms with Crippen molar-refractivity contribution in [2.24, 2.45) is 5.92 Å². The first kappa shape index (κ1) is 8.75. The molecular formula is C7H15NS2. The molecule has 10 heavy (non-hydrogen) atoms. The number of rotatable bonds is 2. The topological polar surface area (TPSA) is 3.24 Å². The summed E-state index contributed by atoms with van der Waals surface area (Å²) in [7, 11) is 1.59. The van der Waals surface area contributed by atoms with Crippen LogP contribution in [-0.4, -0.2) is 17.4 Å². The largest absolute Gasteiger partial charge is 0.241 e. The summed E-state index contributed by atoms with van der Waals surface area (Å²) in [5.41, 5.74) is 0. The van der Waals surface area contributed by atoms with E-state index in [1.807, 2.05) is 0 Å². The van der Waals surface area contributed by atoms with Crippen molar-refractivity contribution in [2.75, 3.05) is 13.1 Å². The summed E-state index contributed by atoms with van der Waals surface area (Å²) in [6.45, 7) is 4.74. The molecule has 0 saturated carbocycles. The predicted octanol–water partition coefficient (Wildman–Crippen LogP) is 2.60. The van der Waals surface area contributed by atoms with E-state index in [0.717, 1.165) is 5.92 Å². The highest BCUT2D eigenvalue weighted by molar-refractivity contribution is 8.67. The van der Waals surface area contributed by atoms with Crippen LogP contribution in [0.1, 0.15) is 26.2 Å². The summed E-state index contributed by atoms with van der Waals surface area (Å²) >= 11 is 4.17. The van der Waals surface area contributed by atoms with E-state index in [9.17, 15) is 0 Å². The molecule has 0 unspecified atom stereocenters. The summed E-state index contributed by atoms with van der Waals surface area (Å²) in [5.74, 6) is 0.983. The van der Waals surface area contributed by atoms with Gasteiger partial charge in [0, 0.05) is 13.1 Å². The summed E-state index contributed by atoms with van der Waals surface area (Å²) < 4.78 is 2.33. The van der Waals surface area contributed by atoms with Crippen molar-refractivity contribution in [1.82, 2.24) is 4.31 Å². The first-order valence-electron chi connectivity index (χ1n) is 3.93. The van der Waals surface area contributed by atoms with Crippen LogP contribution in [0.5, 0.6) is 0 Å². The first-order valence-corrected chi connectivity index (χ1v) is 5.76. The van der Waals surface area contributed by atoms with Crippen LogP contribution in [0.2, 0.25) is 0 Å². The molecular weight excluding hydrogens is 162 g/mol. The predicted molar refractivity (Wildman–Crippen MR) is 51.2 cm³/mol. The second kappa shape index (κ2) is 4.52. The molecule has 1 heterocycles. The molecule has 0 aromatic heterocycles. The Bertz CT molecular complexity index is 77.6. The summed E-state index contributed by atoms with van der Waals surface area (Å²) in [5, 5.41) is 0. The Morgan fingerprint density at radius 3 is 2.50 bits per heavy atom. The third-order valence-corrected chi connectivity index (χ3v) is 3.56. The second-order valence-electron chi connectivity index (χ2n) is 2.86. The van der Waals surface area contributed by atoms with E-state index < -0.39 is 0 Å². The summed E-state index contributed by atoms with van der Waals surface area (Å²) in [4.78, 5) is 0. The lowest BCUT2D eigenvalue weighted by Crippen LogP contribution is -2.27. The van der Waals surface area contributed by atoms with E-state index in [1.54, 1.807) is 11.0 Å². The molecule has 0 atom stereocenters. The van der Waals surface area contributed by atoms with Gasteiger partial charge in [0.25, 0.3) is 0 Å². The van der Waals surface area contributed by atoms with Crippen LogP contribution in [-0.2, 0) is 0 Å². The molecule has 3 heteroatoms. The molecule has 0 spiro atoms. The van der Waals surface area contributed by atoms with Crippen molar-refractivity contribution in [1.29, 1.82) is 0 Å². The smallest absolute Gasteiger partial charge is 0.00998 e. The maximum Gasteiger partial charge on any atom is 0.00998 e. The minimum atomic E-state index is 0.983. The Labute approximate surface area is 72.5 Å². The molecule has 1 aliphatic heterocycles. The molecule has 0 N–H and O–H groups in total. The fourth-order valence-corrected chi connectivity index (χ4v) is 2.26. The maximum atomic E-state index is 4.17. The molecule has 60 valence electrons. The normalized spacial score (nSPS) is 23.4. The van der Waals surface area contributed by atoms with Gasteiger partial charge in [0.1, 0.15) is 0 Å². The van der Waals surface area contributed by atoms with Gasteiger partial charge >= 0.3 is 0 Å². The lowest BCUT2D eigenvalue weighted by molar-refractivity contribution is 0.287. The molecule has 0 amide bonds. The van der Waals surface area contributed by atoms with Crippen LogP contribution >= 0.6 is 22.6 Å². The van der Waals surface area contributed by atoms with Gasteiger partial charge in [-0.1, -0.05) is 25.0 Å². The number of hydrogen-bond donors (Lipinski definition) is 1. The van der Waals surface area contributed by atoms with Crippen molar-refractivity contribution < 1.29 is 0 Å². The molecule has 1 aliphatic rings. The van der Waals surface area contributed by atoms with E-state index in [1.165, 1.54) is 32.4 Å². The monoisotopic (exact) mass is 177 g/mol. The van der Waals surface area contributed by atoms with Gasteiger partial charge in [-0.05, 0) is 29.7 Å². The zero-order valence-corrected chi connectivity index (χ0v) is 8.13. The SMILES string of the molecule is CCC1CCN(SS)CC1.